The molecule has 1 rings (SSSR count). The Hall–Kier alpha value is -1.01. The fourth-order valence-electron chi connectivity index (χ4n) is 1.46. The first kappa shape index (κ1) is 19.0. The smallest absolute Gasteiger partial charge is 0.410 e. The molecule has 1 atom stereocenters. The van der Waals surface area contributed by atoms with Crippen molar-refractivity contribution in [2.75, 3.05) is 18.5 Å². The van der Waals surface area contributed by atoms with Crippen LogP contribution in [0, 0.1) is 0 Å². The van der Waals surface area contributed by atoms with Crippen LogP contribution in [-0.4, -0.2) is 34.6 Å². The molecule has 0 saturated carbocycles. The van der Waals surface area contributed by atoms with Crippen LogP contribution in [-0.2, 0) is 11.3 Å². The highest BCUT2D eigenvalue weighted by Gasteiger charge is 2.19. The molecular formula is C16H26N2O2S2. The highest BCUT2D eigenvalue weighted by Crippen LogP contribution is 2.35. The molecule has 1 aromatic rings. The second-order valence-electron chi connectivity index (χ2n) is 6.24. The van der Waals surface area contributed by atoms with Gasteiger partial charge in [0.25, 0.3) is 0 Å². The first-order chi connectivity index (χ1) is 10.2. The molecule has 0 radical (unpaired) electrons. The van der Waals surface area contributed by atoms with E-state index in [0.29, 0.717) is 5.69 Å². The highest BCUT2D eigenvalue weighted by molar-refractivity contribution is 8.77. The van der Waals surface area contributed by atoms with Crippen molar-refractivity contribution < 1.29 is 9.53 Å². The summed E-state index contributed by atoms with van der Waals surface area (Å²) in [6, 6.07) is 7.45. The number of nitrogens with zero attached hydrogens (tertiary/aromatic N) is 1. The molecule has 1 amide bonds. The van der Waals surface area contributed by atoms with E-state index in [0.717, 1.165) is 11.3 Å². The largest absolute Gasteiger partial charge is 0.445 e. The van der Waals surface area contributed by atoms with E-state index in [9.17, 15) is 4.79 Å². The first-order valence-electron chi connectivity index (χ1n) is 7.23. The Morgan fingerprint density at radius 3 is 2.45 bits per heavy atom. The van der Waals surface area contributed by atoms with Gasteiger partial charge in [-0.2, -0.15) is 0 Å². The molecule has 0 aliphatic rings. The van der Waals surface area contributed by atoms with Crippen LogP contribution in [0.15, 0.2) is 24.3 Å². The maximum Gasteiger partial charge on any atom is 0.410 e. The predicted molar refractivity (Wildman–Crippen MR) is 98.1 cm³/mol. The van der Waals surface area contributed by atoms with Crippen LogP contribution in [0.4, 0.5) is 10.5 Å². The molecular weight excluding hydrogens is 316 g/mol. The molecule has 0 aliphatic carbocycles. The number of nitrogens with two attached hydrogens (primary N) is 1. The number of ether oxygens (including phenoxy) is 1. The number of amides is 1. The summed E-state index contributed by atoms with van der Waals surface area (Å²) in [5.41, 5.74) is 7.26. The van der Waals surface area contributed by atoms with Gasteiger partial charge in [-0.1, -0.05) is 54.5 Å². The molecule has 0 fully saturated rings. The van der Waals surface area contributed by atoms with Gasteiger partial charge in [-0.15, -0.1) is 0 Å². The summed E-state index contributed by atoms with van der Waals surface area (Å²) in [4.78, 5) is 13.7. The molecule has 0 heterocycles. The molecule has 124 valence electrons. The Labute approximate surface area is 141 Å². The molecule has 0 aliphatic heterocycles. The zero-order chi connectivity index (χ0) is 16.8. The van der Waals surface area contributed by atoms with Crippen LogP contribution < -0.4 is 5.73 Å². The monoisotopic (exact) mass is 342 g/mol. The SMILES string of the molecule is CC(CSSC(C)(C)C)N(C)C(=O)OCc1ccc(N)cc1. The van der Waals surface area contributed by atoms with E-state index >= 15 is 0 Å². The summed E-state index contributed by atoms with van der Waals surface area (Å²) in [5, 5.41) is 0. The maximum absolute atomic E-state index is 12.0. The number of hydrogen-bond donors (Lipinski definition) is 1. The fraction of sp³-hybridized carbons (Fsp3) is 0.562. The summed E-state index contributed by atoms with van der Waals surface area (Å²) >= 11 is 0. The quantitative estimate of drug-likeness (QED) is 0.613. The molecule has 6 heteroatoms. The second kappa shape index (κ2) is 8.58. The number of carbonyl (C=O) groups is 1. The minimum Gasteiger partial charge on any atom is -0.445 e. The third kappa shape index (κ3) is 7.31. The minimum absolute atomic E-state index is 0.124. The van der Waals surface area contributed by atoms with Gasteiger partial charge in [0.15, 0.2) is 0 Å². The number of nitrogen functional groups attached to an aromatic ring is 1. The molecule has 0 spiro atoms. The van der Waals surface area contributed by atoms with Gasteiger partial charge in [0, 0.05) is 29.3 Å². The van der Waals surface area contributed by atoms with Crippen molar-refractivity contribution >= 4 is 33.4 Å². The summed E-state index contributed by atoms with van der Waals surface area (Å²) < 4.78 is 5.55. The Morgan fingerprint density at radius 1 is 1.32 bits per heavy atom. The Bertz CT molecular complexity index is 472. The van der Waals surface area contributed by atoms with Crippen molar-refractivity contribution in [1.82, 2.24) is 4.90 Å². The maximum atomic E-state index is 12.0. The van der Waals surface area contributed by atoms with E-state index in [1.807, 2.05) is 29.9 Å². The molecule has 1 aromatic carbocycles. The average Bonchev–Trinajstić information content (AvgIpc) is 2.44. The molecule has 0 aromatic heterocycles. The normalized spacial score (nSPS) is 12.8. The lowest BCUT2D eigenvalue weighted by Crippen LogP contribution is -2.36. The van der Waals surface area contributed by atoms with Crippen molar-refractivity contribution in [3.8, 4) is 0 Å². The van der Waals surface area contributed by atoms with E-state index in [2.05, 4.69) is 20.8 Å². The van der Waals surface area contributed by atoms with Crippen molar-refractivity contribution in [3.63, 3.8) is 0 Å². The van der Waals surface area contributed by atoms with Crippen LogP contribution in [0.25, 0.3) is 0 Å². The van der Waals surface area contributed by atoms with E-state index in [-0.39, 0.29) is 23.5 Å². The van der Waals surface area contributed by atoms with Crippen LogP contribution >= 0.6 is 21.6 Å². The van der Waals surface area contributed by atoms with E-state index in [1.165, 1.54) is 0 Å². The molecule has 1 unspecified atom stereocenters. The van der Waals surface area contributed by atoms with E-state index < -0.39 is 0 Å². The van der Waals surface area contributed by atoms with E-state index in [4.69, 9.17) is 10.5 Å². The minimum atomic E-state index is -0.300. The van der Waals surface area contributed by atoms with Crippen LogP contribution in [0.2, 0.25) is 0 Å². The number of carbonyl (C=O) groups excluding carboxylic acids is 1. The number of anilines is 1. The summed E-state index contributed by atoms with van der Waals surface area (Å²) in [6.45, 7) is 8.83. The zero-order valence-corrected chi connectivity index (χ0v) is 15.6. The average molecular weight is 343 g/mol. The van der Waals surface area contributed by atoms with Crippen molar-refractivity contribution in [1.29, 1.82) is 0 Å². The zero-order valence-electron chi connectivity index (χ0n) is 14.0. The van der Waals surface area contributed by atoms with Crippen molar-refractivity contribution in [3.05, 3.63) is 29.8 Å². The number of hydrogen-bond acceptors (Lipinski definition) is 5. The lowest BCUT2D eigenvalue weighted by molar-refractivity contribution is 0.0965. The van der Waals surface area contributed by atoms with Gasteiger partial charge < -0.3 is 15.4 Å². The van der Waals surface area contributed by atoms with Crippen LogP contribution in [0.1, 0.15) is 33.3 Å². The van der Waals surface area contributed by atoms with Gasteiger partial charge in [-0.05, 0) is 24.6 Å². The van der Waals surface area contributed by atoms with Gasteiger partial charge in [0.1, 0.15) is 6.61 Å². The highest BCUT2D eigenvalue weighted by atomic mass is 33.1. The van der Waals surface area contributed by atoms with Gasteiger partial charge in [0.2, 0.25) is 0 Å². The Balaban J connectivity index is 2.35. The van der Waals surface area contributed by atoms with Gasteiger partial charge >= 0.3 is 6.09 Å². The standard InChI is InChI=1S/C16H26N2O2S2/c1-12(11-21-22-16(2,3)4)18(5)15(19)20-10-13-6-8-14(17)9-7-13/h6-9,12H,10-11,17H2,1-5H3. The van der Waals surface area contributed by atoms with Gasteiger partial charge in [-0.3, -0.25) is 0 Å². The topological polar surface area (TPSA) is 55.6 Å². The van der Waals surface area contributed by atoms with Crippen LogP contribution in [0.3, 0.4) is 0 Å². The van der Waals surface area contributed by atoms with Gasteiger partial charge in [0.05, 0.1) is 0 Å². The third-order valence-electron chi connectivity index (χ3n) is 2.91. The third-order valence-corrected chi connectivity index (χ3v) is 6.41. The fourth-order valence-corrected chi connectivity index (χ4v) is 4.16. The number of benzene rings is 1. The van der Waals surface area contributed by atoms with E-state index in [1.54, 1.807) is 34.9 Å². The lowest BCUT2D eigenvalue weighted by atomic mass is 10.2. The first-order valence-corrected chi connectivity index (χ1v) is 9.55. The Kier molecular flexibility index (Phi) is 7.42. The molecule has 0 bridgehead atoms. The van der Waals surface area contributed by atoms with Crippen LogP contribution in [0.5, 0.6) is 0 Å². The molecule has 22 heavy (non-hydrogen) atoms. The van der Waals surface area contributed by atoms with Gasteiger partial charge in [-0.25, -0.2) is 4.79 Å². The summed E-state index contributed by atoms with van der Waals surface area (Å²) in [6.07, 6.45) is -0.300. The van der Waals surface area contributed by atoms with Crippen molar-refractivity contribution in [2.45, 2.75) is 45.1 Å². The summed E-state index contributed by atoms with van der Waals surface area (Å²) in [7, 11) is 5.39. The number of rotatable bonds is 6. The molecule has 0 saturated heterocycles. The van der Waals surface area contributed by atoms with Crippen molar-refractivity contribution in [2.24, 2.45) is 0 Å². The molecule has 4 nitrogen and oxygen atoms in total. The summed E-state index contributed by atoms with van der Waals surface area (Å²) in [5.74, 6) is 0.870. The Morgan fingerprint density at radius 2 is 1.91 bits per heavy atom. The predicted octanol–water partition coefficient (Wildman–Crippen LogP) is 4.41. The lowest BCUT2D eigenvalue weighted by Gasteiger charge is -2.25. The second-order valence-corrected chi connectivity index (χ2v) is 9.40. The molecule has 2 N–H and O–H groups in total.